The van der Waals surface area contributed by atoms with Crippen LogP contribution in [0.1, 0.15) is 54.1 Å². The molecule has 0 atom stereocenters. The Labute approximate surface area is 133 Å². The molecule has 2 aromatic carbocycles. The average molecular weight is 292 g/mol. The normalized spacial score (nSPS) is 11.5. The van der Waals surface area contributed by atoms with E-state index in [0.717, 1.165) is 29.5 Å². The van der Waals surface area contributed by atoms with Crippen LogP contribution >= 0.6 is 0 Å². The Morgan fingerprint density at radius 3 is 2.23 bits per heavy atom. The number of hydrogen-bond acceptors (Lipinski definition) is 1. The Kier molecular flexibility index (Phi) is 6.14. The maximum atomic E-state index is 12.5. The van der Waals surface area contributed by atoms with Crippen molar-refractivity contribution in [2.75, 3.05) is 0 Å². The van der Waals surface area contributed by atoms with E-state index in [2.05, 4.69) is 19.1 Å². The second kappa shape index (κ2) is 8.33. The van der Waals surface area contributed by atoms with E-state index in [1.165, 1.54) is 18.4 Å². The Balaban J connectivity index is 2.23. The van der Waals surface area contributed by atoms with Crippen LogP contribution < -0.4 is 0 Å². The van der Waals surface area contributed by atoms with E-state index in [0.29, 0.717) is 0 Å². The molecule has 22 heavy (non-hydrogen) atoms. The minimum atomic E-state index is 0.0929. The summed E-state index contributed by atoms with van der Waals surface area (Å²) in [7, 11) is 0. The lowest BCUT2D eigenvalue weighted by molar-refractivity contribution is 0.104. The predicted octanol–water partition coefficient (Wildman–Crippen LogP) is 5.84. The van der Waals surface area contributed by atoms with Crippen molar-refractivity contribution in [1.29, 1.82) is 0 Å². The first-order chi connectivity index (χ1) is 10.7. The Morgan fingerprint density at radius 1 is 0.909 bits per heavy atom. The fourth-order valence-corrected chi connectivity index (χ4v) is 2.48. The smallest absolute Gasteiger partial charge is 0.186 e. The molecule has 0 bridgehead atoms. The summed E-state index contributed by atoms with van der Waals surface area (Å²) < 4.78 is 0. The largest absolute Gasteiger partial charge is 0.289 e. The van der Waals surface area contributed by atoms with Gasteiger partial charge in [-0.1, -0.05) is 79.9 Å². The number of carbonyl (C=O) groups is 1. The Hall–Kier alpha value is -2.15. The van der Waals surface area contributed by atoms with Crippen LogP contribution in [0.25, 0.3) is 5.57 Å². The molecule has 0 saturated carbocycles. The Bertz CT molecular complexity index is 621. The van der Waals surface area contributed by atoms with E-state index in [4.69, 9.17) is 0 Å². The molecule has 1 heteroatoms. The van der Waals surface area contributed by atoms with E-state index in [1.807, 2.05) is 55.5 Å². The average Bonchev–Trinajstić information content (AvgIpc) is 2.55. The van der Waals surface area contributed by atoms with E-state index in [9.17, 15) is 4.79 Å². The molecule has 0 amide bonds. The van der Waals surface area contributed by atoms with Gasteiger partial charge < -0.3 is 0 Å². The van der Waals surface area contributed by atoms with Crippen LogP contribution in [0, 0.1) is 6.92 Å². The zero-order valence-corrected chi connectivity index (χ0v) is 13.5. The molecule has 0 aliphatic heterocycles. The third kappa shape index (κ3) is 4.70. The van der Waals surface area contributed by atoms with Crippen LogP contribution in [0.3, 0.4) is 0 Å². The molecular weight excluding hydrogens is 268 g/mol. The molecule has 0 aromatic heterocycles. The summed E-state index contributed by atoms with van der Waals surface area (Å²) in [6.07, 6.45) is 6.28. The van der Waals surface area contributed by atoms with Gasteiger partial charge in [-0.05, 0) is 37.0 Å². The fourth-order valence-electron chi connectivity index (χ4n) is 2.48. The molecule has 2 aromatic rings. The topological polar surface area (TPSA) is 17.1 Å². The van der Waals surface area contributed by atoms with Crippen LogP contribution in [0.15, 0.2) is 60.7 Å². The highest BCUT2D eigenvalue weighted by Gasteiger charge is 2.07. The monoisotopic (exact) mass is 292 g/mol. The van der Waals surface area contributed by atoms with Crippen LogP contribution in [-0.4, -0.2) is 5.78 Å². The minimum absolute atomic E-state index is 0.0929. The number of rotatable bonds is 7. The molecular formula is C21H24O. The zero-order valence-electron chi connectivity index (χ0n) is 13.5. The first kappa shape index (κ1) is 16.2. The van der Waals surface area contributed by atoms with Crippen molar-refractivity contribution in [3.05, 3.63) is 77.4 Å². The van der Waals surface area contributed by atoms with Crippen LogP contribution in [0.2, 0.25) is 0 Å². The van der Waals surface area contributed by atoms with Gasteiger partial charge in [0.1, 0.15) is 0 Å². The van der Waals surface area contributed by atoms with Crippen molar-refractivity contribution >= 4 is 11.4 Å². The van der Waals surface area contributed by atoms with Gasteiger partial charge in [0, 0.05) is 5.56 Å². The number of ketones is 1. The Morgan fingerprint density at radius 2 is 1.59 bits per heavy atom. The lowest BCUT2D eigenvalue weighted by atomic mass is 9.97. The summed E-state index contributed by atoms with van der Waals surface area (Å²) >= 11 is 0. The number of benzene rings is 2. The number of hydrogen-bond donors (Lipinski definition) is 0. The third-order valence-corrected chi connectivity index (χ3v) is 3.84. The summed E-state index contributed by atoms with van der Waals surface area (Å²) in [5.74, 6) is 0.0929. The predicted molar refractivity (Wildman–Crippen MR) is 94.1 cm³/mol. The number of carbonyl (C=O) groups excluding carboxylic acids is 1. The third-order valence-electron chi connectivity index (χ3n) is 3.84. The van der Waals surface area contributed by atoms with E-state index < -0.39 is 0 Å². The number of unbranched alkanes of at least 4 members (excludes halogenated alkanes) is 2. The maximum Gasteiger partial charge on any atom is 0.186 e. The quantitative estimate of drug-likeness (QED) is 0.356. The highest BCUT2D eigenvalue weighted by molar-refractivity contribution is 6.08. The highest BCUT2D eigenvalue weighted by Crippen LogP contribution is 2.22. The van der Waals surface area contributed by atoms with E-state index in [1.54, 1.807) is 0 Å². The van der Waals surface area contributed by atoms with Crippen molar-refractivity contribution in [3.8, 4) is 0 Å². The molecule has 114 valence electrons. The van der Waals surface area contributed by atoms with Crippen LogP contribution in [0.4, 0.5) is 0 Å². The summed E-state index contributed by atoms with van der Waals surface area (Å²) in [6, 6.07) is 18.0. The van der Waals surface area contributed by atoms with Gasteiger partial charge in [-0.15, -0.1) is 0 Å². The summed E-state index contributed by atoms with van der Waals surface area (Å²) in [5.41, 5.74) is 4.22. The molecule has 0 saturated heterocycles. The lowest BCUT2D eigenvalue weighted by Crippen LogP contribution is -1.97. The van der Waals surface area contributed by atoms with Crippen LogP contribution in [-0.2, 0) is 0 Å². The zero-order chi connectivity index (χ0) is 15.8. The summed E-state index contributed by atoms with van der Waals surface area (Å²) in [4.78, 5) is 12.5. The second-order valence-electron chi connectivity index (χ2n) is 5.72. The van der Waals surface area contributed by atoms with Gasteiger partial charge in [-0.25, -0.2) is 0 Å². The maximum absolute atomic E-state index is 12.5. The standard InChI is InChI=1S/C21H24O/c1-3-4-6-11-20(18-9-7-5-8-10-18)16-21(22)19-14-12-17(2)13-15-19/h5,7-10,12-16H,3-4,6,11H2,1-2H3. The van der Waals surface area contributed by atoms with Gasteiger partial charge in [0.15, 0.2) is 5.78 Å². The van der Waals surface area contributed by atoms with Gasteiger partial charge in [0.2, 0.25) is 0 Å². The van der Waals surface area contributed by atoms with Crippen molar-refractivity contribution < 1.29 is 4.79 Å². The molecule has 0 N–H and O–H groups in total. The molecule has 0 radical (unpaired) electrons. The van der Waals surface area contributed by atoms with Crippen molar-refractivity contribution in [1.82, 2.24) is 0 Å². The summed E-state index contributed by atoms with van der Waals surface area (Å²) in [5, 5.41) is 0. The molecule has 0 unspecified atom stereocenters. The van der Waals surface area contributed by atoms with Gasteiger partial charge >= 0.3 is 0 Å². The molecule has 0 aliphatic carbocycles. The second-order valence-corrected chi connectivity index (χ2v) is 5.72. The molecule has 2 rings (SSSR count). The fraction of sp³-hybridized carbons (Fsp3) is 0.286. The van der Waals surface area contributed by atoms with Gasteiger partial charge in [0.25, 0.3) is 0 Å². The van der Waals surface area contributed by atoms with Crippen LogP contribution in [0.5, 0.6) is 0 Å². The van der Waals surface area contributed by atoms with Gasteiger partial charge in [0.05, 0.1) is 0 Å². The van der Waals surface area contributed by atoms with E-state index >= 15 is 0 Å². The molecule has 1 nitrogen and oxygen atoms in total. The molecule has 0 spiro atoms. The number of aryl methyl sites for hydroxylation is 1. The number of allylic oxidation sites excluding steroid dienone is 2. The SMILES string of the molecule is CCCCCC(=CC(=O)c1ccc(C)cc1)c1ccccc1. The van der Waals surface area contributed by atoms with Crippen molar-refractivity contribution in [3.63, 3.8) is 0 Å². The van der Waals surface area contributed by atoms with Gasteiger partial charge in [-0.2, -0.15) is 0 Å². The van der Waals surface area contributed by atoms with Gasteiger partial charge in [-0.3, -0.25) is 4.79 Å². The summed E-state index contributed by atoms with van der Waals surface area (Å²) in [6.45, 7) is 4.23. The first-order valence-corrected chi connectivity index (χ1v) is 8.07. The molecule has 0 aliphatic rings. The van der Waals surface area contributed by atoms with Crippen molar-refractivity contribution in [2.24, 2.45) is 0 Å². The van der Waals surface area contributed by atoms with Crippen molar-refractivity contribution in [2.45, 2.75) is 39.5 Å². The first-order valence-electron chi connectivity index (χ1n) is 8.07. The lowest BCUT2D eigenvalue weighted by Gasteiger charge is -2.08. The molecule has 0 heterocycles. The van der Waals surface area contributed by atoms with E-state index in [-0.39, 0.29) is 5.78 Å². The minimum Gasteiger partial charge on any atom is -0.289 e. The molecule has 0 fully saturated rings. The highest BCUT2D eigenvalue weighted by atomic mass is 16.1.